The zero-order valence-corrected chi connectivity index (χ0v) is 11.6. The van der Waals surface area contributed by atoms with Gasteiger partial charge in [0.25, 0.3) is 0 Å². The molecule has 0 saturated carbocycles. The van der Waals surface area contributed by atoms with E-state index in [0.29, 0.717) is 12.2 Å². The summed E-state index contributed by atoms with van der Waals surface area (Å²) < 4.78 is 0. The minimum Gasteiger partial charge on any atom is -0.480 e. The van der Waals surface area contributed by atoms with E-state index in [0.717, 1.165) is 0 Å². The highest BCUT2D eigenvalue weighted by molar-refractivity contribution is 7.99. The highest BCUT2D eigenvalue weighted by atomic mass is 32.2. The minimum absolute atomic E-state index is 0.0228. The third-order valence-corrected chi connectivity index (χ3v) is 3.00. The standard InChI is InChI=1S/C11H17N3O5S/c1-2-4-12-11(19)14-9(16)6-20-5-3-8(10(17)18)13-7-15/h2,7-8H,1,3-6H2,(H,13,15)(H,17,18)(H2,12,14,16,19). The van der Waals surface area contributed by atoms with Gasteiger partial charge in [-0.25, -0.2) is 9.59 Å². The van der Waals surface area contributed by atoms with Gasteiger partial charge in [-0.15, -0.1) is 6.58 Å². The first kappa shape index (κ1) is 18.0. The van der Waals surface area contributed by atoms with Crippen molar-refractivity contribution in [3.63, 3.8) is 0 Å². The Balaban J connectivity index is 3.80. The van der Waals surface area contributed by atoms with Crippen molar-refractivity contribution in [1.82, 2.24) is 16.0 Å². The van der Waals surface area contributed by atoms with E-state index in [-0.39, 0.29) is 18.7 Å². The molecule has 0 aliphatic heterocycles. The highest BCUT2D eigenvalue weighted by Crippen LogP contribution is 2.04. The maximum Gasteiger partial charge on any atom is 0.326 e. The molecule has 0 saturated heterocycles. The summed E-state index contributed by atoms with van der Waals surface area (Å²) in [7, 11) is 0. The van der Waals surface area contributed by atoms with Gasteiger partial charge in [0.2, 0.25) is 12.3 Å². The van der Waals surface area contributed by atoms with Crippen LogP contribution in [0.3, 0.4) is 0 Å². The molecular formula is C11H17N3O5S. The van der Waals surface area contributed by atoms with Crippen molar-refractivity contribution in [3.8, 4) is 0 Å². The summed E-state index contributed by atoms with van der Waals surface area (Å²) >= 11 is 1.17. The third kappa shape index (κ3) is 8.97. The average molecular weight is 303 g/mol. The van der Waals surface area contributed by atoms with E-state index < -0.39 is 23.9 Å². The van der Waals surface area contributed by atoms with Crippen LogP contribution in [0.4, 0.5) is 4.79 Å². The molecule has 112 valence electrons. The van der Waals surface area contributed by atoms with Crippen molar-refractivity contribution in [3.05, 3.63) is 12.7 Å². The van der Waals surface area contributed by atoms with Gasteiger partial charge in [-0.05, 0) is 12.2 Å². The van der Waals surface area contributed by atoms with Crippen molar-refractivity contribution in [2.75, 3.05) is 18.1 Å². The molecule has 0 aromatic carbocycles. The van der Waals surface area contributed by atoms with Gasteiger partial charge >= 0.3 is 12.0 Å². The normalized spacial score (nSPS) is 11.0. The summed E-state index contributed by atoms with van der Waals surface area (Å²) in [5.41, 5.74) is 0. The Morgan fingerprint density at radius 2 is 2.05 bits per heavy atom. The Morgan fingerprint density at radius 1 is 1.35 bits per heavy atom. The number of carbonyl (C=O) groups is 4. The summed E-state index contributed by atoms with van der Waals surface area (Å²) in [6, 6.07) is -1.58. The van der Waals surface area contributed by atoms with Crippen molar-refractivity contribution in [2.45, 2.75) is 12.5 Å². The van der Waals surface area contributed by atoms with E-state index in [1.807, 2.05) is 0 Å². The number of thioether (sulfide) groups is 1. The number of hydrogen-bond donors (Lipinski definition) is 4. The molecule has 0 aromatic rings. The molecule has 0 fully saturated rings. The minimum atomic E-state index is -1.13. The number of aliphatic carboxylic acids is 1. The summed E-state index contributed by atoms with van der Waals surface area (Å²) in [6.45, 7) is 3.66. The van der Waals surface area contributed by atoms with Crippen LogP contribution in [0, 0.1) is 0 Å². The van der Waals surface area contributed by atoms with Gasteiger partial charge in [0.05, 0.1) is 5.75 Å². The van der Waals surface area contributed by atoms with Gasteiger partial charge in [-0.3, -0.25) is 14.9 Å². The molecular weight excluding hydrogens is 286 g/mol. The van der Waals surface area contributed by atoms with Crippen molar-refractivity contribution in [2.24, 2.45) is 0 Å². The van der Waals surface area contributed by atoms with Crippen LogP contribution in [0.5, 0.6) is 0 Å². The summed E-state index contributed by atoms with van der Waals surface area (Å²) in [5, 5.41) is 15.4. The van der Waals surface area contributed by atoms with Crippen molar-refractivity contribution >= 4 is 36.1 Å². The van der Waals surface area contributed by atoms with Gasteiger partial charge in [0.1, 0.15) is 6.04 Å². The van der Waals surface area contributed by atoms with Crippen molar-refractivity contribution in [1.29, 1.82) is 0 Å². The Kier molecular flexibility index (Phi) is 9.75. The van der Waals surface area contributed by atoms with Crippen LogP contribution in [0.2, 0.25) is 0 Å². The van der Waals surface area contributed by atoms with Crippen LogP contribution in [-0.4, -0.2) is 53.5 Å². The van der Waals surface area contributed by atoms with E-state index in [1.54, 1.807) is 0 Å². The van der Waals surface area contributed by atoms with Gasteiger partial charge in [0, 0.05) is 6.54 Å². The molecule has 9 heteroatoms. The van der Waals surface area contributed by atoms with Crippen LogP contribution < -0.4 is 16.0 Å². The second-order valence-electron chi connectivity index (χ2n) is 3.56. The van der Waals surface area contributed by atoms with E-state index in [9.17, 15) is 19.2 Å². The smallest absolute Gasteiger partial charge is 0.326 e. The van der Waals surface area contributed by atoms with Crippen LogP contribution in [0.1, 0.15) is 6.42 Å². The van der Waals surface area contributed by atoms with Crippen LogP contribution in [0.15, 0.2) is 12.7 Å². The first-order valence-electron chi connectivity index (χ1n) is 5.70. The number of hydrogen-bond acceptors (Lipinski definition) is 5. The summed E-state index contributed by atoms with van der Waals surface area (Å²) in [5.74, 6) is -1.23. The second kappa shape index (κ2) is 10.9. The maximum absolute atomic E-state index is 11.3. The number of urea groups is 1. The van der Waals surface area contributed by atoms with Crippen molar-refractivity contribution < 1.29 is 24.3 Å². The number of nitrogens with one attached hydrogen (secondary N) is 3. The Morgan fingerprint density at radius 3 is 2.60 bits per heavy atom. The van der Waals surface area contributed by atoms with Crippen LogP contribution >= 0.6 is 11.8 Å². The SMILES string of the molecule is C=CCNC(=O)NC(=O)CSCCC(NC=O)C(=O)O. The molecule has 0 rings (SSSR count). The molecule has 4 amide bonds. The Hall–Kier alpha value is -2.03. The number of carboxylic acids is 1. The molecule has 0 radical (unpaired) electrons. The van der Waals surface area contributed by atoms with E-state index in [4.69, 9.17) is 5.11 Å². The number of carbonyl (C=O) groups excluding carboxylic acids is 3. The molecule has 1 atom stereocenters. The van der Waals surface area contributed by atoms with Gasteiger partial charge in [-0.2, -0.15) is 11.8 Å². The molecule has 4 N–H and O–H groups in total. The predicted octanol–water partition coefficient (Wildman–Crippen LogP) is -0.679. The largest absolute Gasteiger partial charge is 0.480 e. The molecule has 0 heterocycles. The molecule has 0 spiro atoms. The van der Waals surface area contributed by atoms with Gasteiger partial charge in [0.15, 0.2) is 0 Å². The topological polar surface area (TPSA) is 125 Å². The molecule has 0 aromatic heterocycles. The monoisotopic (exact) mass is 303 g/mol. The zero-order valence-electron chi connectivity index (χ0n) is 10.8. The Labute approximate surface area is 120 Å². The molecule has 1 unspecified atom stereocenters. The fraction of sp³-hybridized carbons (Fsp3) is 0.455. The zero-order chi connectivity index (χ0) is 15.4. The molecule has 0 bridgehead atoms. The first-order chi connectivity index (χ1) is 9.51. The first-order valence-corrected chi connectivity index (χ1v) is 6.85. The second-order valence-corrected chi connectivity index (χ2v) is 4.67. The molecule has 8 nitrogen and oxygen atoms in total. The maximum atomic E-state index is 11.3. The lowest BCUT2D eigenvalue weighted by Gasteiger charge is -2.10. The summed E-state index contributed by atoms with van der Waals surface area (Å²) in [4.78, 5) is 43.3. The Bertz CT molecular complexity index is 375. The number of imide groups is 1. The number of amides is 4. The lowest BCUT2D eigenvalue weighted by Crippen LogP contribution is -2.40. The number of carboxylic acid groups (broad SMARTS) is 1. The van der Waals surface area contributed by atoms with E-state index >= 15 is 0 Å². The van der Waals surface area contributed by atoms with Crippen LogP contribution in [-0.2, 0) is 14.4 Å². The predicted molar refractivity (Wildman–Crippen MR) is 74.3 cm³/mol. The van der Waals surface area contributed by atoms with Gasteiger partial charge in [-0.1, -0.05) is 6.08 Å². The van der Waals surface area contributed by atoms with E-state index in [1.165, 1.54) is 17.8 Å². The third-order valence-electron chi connectivity index (χ3n) is 2.01. The fourth-order valence-corrected chi connectivity index (χ4v) is 1.90. The molecule has 20 heavy (non-hydrogen) atoms. The molecule has 0 aliphatic carbocycles. The van der Waals surface area contributed by atoms with Gasteiger partial charge < -0.3 is 15.7 Å². The van der Waals surface area contributed by atoms with Crippen LogP contribution in [0.25, 0.3) is 0 Å². The lowest BCUT2D eigenvalue weighted by molar-refractivity contribution is -0.140. The quantitative estimate of drug-likeness (QED) is 0.241. The molecule has 0 aliphatic rings. The average Bonchev–Trinajstić information content (AvgIpc) is 2.39. The highest BCUT2D eigenvalue weighted by Gasteiger charge is 2.15. The number of rotatable bonds is 10. The fourth-order valence-electron chi connectivity index (χ4n) is 1.10. The lowest BCUT2D eigenvalue weighted by atomic mass is 10.2. The summed E-state index contributed by atoms with van der Waals surface area (Å²) in [6.07, 6.45) is 1.99. The van der Waals surface area contributed by atoms with E-state index in [2.05, 4.69) is 22.5 Å².